The minimum atomic E-state index is -0.348. The summed E-state index contributed by atoms with van der Waals surface area (Å²) < 4.78 is 20.4. The predicted molar refractivity (Wildman–Crippen MR) is 114 cm³/mol. The van der Waals surface area contributed by atoms with Gasteiger partial charge in [0.1, 0.15) is 11.9 Å². The molecular weight excluding hydrogens is 383 g/mol. The number of benzene rings is 1. The van der Waals surface area contributed by atoms with E-state index in [4.69, 9.17) is 4.52 Å². The van der Waals surface area contributed by atoms with Gasteiger partial charge >= 0.3 is 0 Å². The zero-order valence-electron chi connectivity index (χ0n) is 17.9. The van der Waals surface area contributed by atoms with Crippen molar-refractivity contribution < 1.29 is 13.7 Å². The number of nitrogens with zero attached hydrogens (tertiary/aromatic N) is 4. The van der Waals surface area contributed by atoms with Crippen molar-refractivity contribution in [1.82, 2.24) is 15.0 Å². The van der Waals surface area contributed by atoms with Crippen molar-refractivity contribution in [2.45, 2.75) is 70.8 Å². The molecule has 0 radical (unpaired) electrons. The van der Waals surface area contributed by atoms with Crippen LogP contribution in [0, 0.1) is 5.82 Å². The Labute approximate surface area is 177 Å². The van der Waals surface area contributed by atoms with Gasteiger partial charge in [0, 0.05) is 31.1 Å². The van der Waals surface area contributed by atoms with Crippen LogP contribution in [0.4, 0.5) is 10.1 Å². The summed E-state index contributed by atoms with van der Waals surface area (Å²) in [6.45, 7) is 6.28. The van der Waals surface area contributed by atoms with E-state index in [0.717, 1.165) is 45.2 Å². The molecular formula is C23H31FN4O2. The van der Waals surface area contributed by atoms with E-state index in [0.29, 0.717) is 29.5 Å². The number of amides is 1. The molecule has 1 atom stereocenters. The number of carbonyl (C=O) groups excluding carboxylic acids is 1. The molecule has 0 spiro atoms. The molecule has 1 aromatic carbocycles. The van der Waals surface area contributed by atoms with Crippen LogP contribution in [0.2, 0.25) is 0 Å². The van der Waals surface area contributed by atoms with E-state index in [2.05, 4.69) is 10.1 Å². The van der Waals surface area contributed by atoms with Gasteiger partial charge in [-0.05, 0) is 50.3 Å². The molecule has 1 amide bonds. The highest BCUT2D eigenvalue weighted by Gasteiger charge is 2.33. The molecule has 0 saturated carbocycles. The molecule has 2 fully saturated rings. The number of aromatic nitrogens is 2. The first-order valence-electron chi connectivity index (χ1n) is 11.2. The quantitative estimate of drug-likeness (QED) is 0.722. The summed E-state index contributed by atoms with van der Waals surface area (Å²) >= 11 is 0. The molecule has 3 heterocycles. The van der Waals surface area contributed by atoms with Crippen LogP contribution in [0.5, 0.6) is 0 Å². The summed E-state index contributed by atoms with van der Waals surface area (Å²) in [5.74, 6) is 0.849. The molecule has 7 heteroatoms. The van der Waals surface area contributed by atoms with Crippen LogP contribution in [0.25, 0.3) is 11.4 Å². The van der Waals surface area contributed by atoms with Crippen LogP contribution in [-0.4, -0.2) is 46.6 Å². The van der Waals surface area contributed by atoms with Crippen molar-refractivity contribution in [2.24, 2.45) is 0 Å². The van der Waals surface area contributed by atoms with Gasteiger partial charge < -0.3 is 14.3 Å². The molecule has 1 unspecified atom stereocenters. The van der Waals surface area contributed by atoms with E-state index < -0.39 is 0 Å². The molecule has 30 heavy (non-hydrogen) atoms. The molecule has 2 saturated heterocycles. The molecule has 6 nitrogen and oxygen atoms in total. The molecule has 2 aliphatic heterocycles. The summed E-state index contributed by atoms with van der Waals surface area (Å²) in [5.41, 5.74) is 1.07. The highest BCUT2D eigenvalue weighted by molar-refractivity contribution is 5.86. The van der Waals surface area contributed by atoms with Gasteiger partial charge in [-0.2, -0.15) is 4.98 Å². The van der Waals surface area contributed by atoms with Gasteiger partial charge in [0.15, 0.2) is 0 Å². The lowest BCUT2D eigenvalue weighted by atomic mass is 9.99. The maximum Gasteiger partial charge on any atom is 0.245 e. The van der Waals surface area contributed by atoms with Gasteiger partial charge in [-0.3, -0.25) is 4.79 Å². The highest BCUT2D eigenvalue weighted by Crippen LogP contribution is 2.31. The smallest absolute Gasteiger partial charge is 0.245 e. The molecule has 0 N–H and O–H groups in total. The normalized spacial score (nSPS) is 20.5. The Kier molecular flexibility index (Phi) is 6.35. The van der Waals surface area contributed by atoms with Crippen molar-refractivity contribution in [3.8, 4) is 11.4 Å². The predicted octanol–water partition coefficient (Wildman–Crippen LogP) is 4.76. The van der Waals surface area contributed by atoms with E-state index in [1.165, 1.54) is 18.9 Å². The fourth-order valence-corrected chi connectivity index (χ4v) is 4.44. The largest absolute Gasteiger partial charge is 0.357 e. The Morgan fingerprint density at radius 1 is 1.10 bits per heavy atom. The van der Waals surface area contributed by atoms with Gasteiger partial charge in [0.05, 0.1) is 5.69 Å². The molecule has 2 aliphatic rings. The zero-order valence-corrected chi connectivity index (χ0v) is 17.9. The molecule has 2 aromatic rings. The Balaban J connectivity index is 1.56. The number of piperidine rings is 1. The Hall–Kier alpha value is -2.44. The fourth-order valence-electron chi connectivity index (χ4n) is 4.44. The van der Waals surface area contributed by atoms with E-state index in [9.17, 15) is 4.79 Å². The Bertz CT molecular complexity index is 874. The standard InChI is InChI=1S/C23H31FN4O2/c1-16(2)22-25-21(26-30-22)17-10-11-19(18(24)15-17)28-14-8-5-9-20(28)23(29)27-12-6-3-4-7-13-27/h10-11,15-16,20H,3-9,12-14H2,1-2H3. The molecule has 162 valence electrons. The summed E-state index contributed by atoms with van der Waals surface area (Å²) in [6.07, 6.45) is 7.23. The number of halogens is 1. The first kappa shape index (κ1) is 20.8. The number of hydrogen-bond donors (Lipinski definition) is 0. The SMILES string of the molecule is CC(C)c1nc(-c2ccc(N3CCCCC3C(=O)N3CCCCCC3)c(F)c2)no1. The molecule has 0 bridgehead atoms. The van der Waals surface area contributed by atoms with E-state index in [1.54, 1.807) is 6.07 Å². The van der Waals surface area contributed by atoms with Gasteiger partial charge in [-0.15, -0.1) is 0 Å². The summed E-state index contributed by atoms with van der Waals surface area (Å²) in [4.78, 5) is 21.6. The van der Waals surface area contributed by atoms with Crippen molar-refractivity contribution in [3.05, 3.63) is 29.9 Å². The van der Waals surface area contributed by atoms with Crippen LogP contribution in [-0.2, 0) is 4.79 Å². The van der Waals surface area contributed by atoms with E-state index >= 15 is 4.39 Å². The van der Waals surface area contributed by atoms with Crippen molar-refractivity contribution in [2.75, 3.05) is 24.5 Å². The Morgan fingerprint density at radius 3 is 2.50 bits per heavy atom. The number of anilines is 1. The number of hydrogen-bond acceptors (Lipinski definition) is 5. The van der Waals surface area contributed by atoms with Crippen molar-refractivity contribution in [1.29, 1.82) is 0 Å². The van der Waals surface area contributed by atoms with Crippen LogP contribution in [0.3, 0.4) is 0 Å². The minimum Gasteiger partial charge on any atom is -0.357 e. The highest BCUT2D eigenvalue weighted by atomic mass is 19.1. The second kappa shape index (κ2) is 9.14. The van der Waals surface area contributed by atoms with Gasteiger partial charge in [-0.1, -0.05) is 31.8 Å². The van der Waals surface area contributed by atoms with Crippen molar-refractivity contribution in [3.63, 3.8) is 0 Å². The average molecular weight is 415 g/mol. The first-order valence-corrected chi connectivity index (χ1v) is 11.2. The van der Waals surface area contributed by atoms with E-state index in [-0.39, 0.29) is 23.7 Å². The third kappa shape index (κ3) is 4.35. The Morgan fingerprint density at radius 2 is 1.83 bits per heavy atom. The number of carbonyl (C=O) groups is 1. The second-order valence-electron chi connectivity index (χ2n) is 8.72. The average Bonchev–Trinajstić information content (AvgIpc) is 3.10. The monoisotopic (exact) mass is 414 g/mol. The summed E-state index contributed by atoms with van der Waals surface area (Å²) in [6, 6.07) is 4.74. The number of likely N-dealkylation sites (tertiary alicyclic amines) is 1. The topological polar surface area (TPSA) is 62.5 Å². The lowest BCUT2D eigenvalue weighted by Gasteiger charge is -2.39. The van der Waals surface area contributed by atoms with Crippen LogP contribution in [0.1, 0.15) is 70.6 Å². The maximum absolute atomic E-state index is 15.2. The lowest BCUT2D eigenvalue weighted by molar-refractivity contribution is -0.133. The molecule has 1 aromatic heterocycles. The fraction of sp³-hybridized carbons (Fsp3) is 0.609. The van der Waals surface area contributed by atoms with Crippen molar-refractivity contribution >= 4 is 11.6 Å². The van der Waals surface area contributed by atoms with Crippen LogP contribution < -0.4 is 4.90 Å². The zero-order chi connectivity index (χ0) is 21.1. The summed E-state index contributed by atoms with van der Waals surface area (Å²) in [5, 5.41) is 3.98. The minimum absolute atomic E-state index is 0.120. The van der Waals surface area contributed by atoms with Crippen LogP contribution in [0.15, 0.2) is 22.7 Å². The van der Waals surface area contributed by atoms with Gasteiger partial charge in [0.25, 0.3) is 0 Å². The molecule has 4 rings (SSSR count). The third-order valence-corrected chi connectivity index (χ3v) is 6.16. The van der Waals surface area contributed by atoms with Gasteiger partial charge in [0.2, 0.25) is 17.6 Å². The maximum atomic E-state index is 15.2. The first-order chi connectivity index (χ1) is 14.5. The molecule has 0 aliphatic carbocycles. The van der Waals surface area contributed by atoms with Crippen LogP contribution >= 0.6 is 0 Å². The third-order valence-electron chi connectivity index (χ3n) is 6.16. The van der Waals surface area contributed by atoms with Gasteiger partial charge in [-0.25, -0.2) is 4.39 Å². The van der Waals surface area contributed by atoms with E-state index in [1.807, 2.05) is 29.7 Å². The number of rotatable bonds is 4. The summed E-state index contributed by atoms with van der Waals surface area (Å²) in [7, 11) is 0. The lowest BCUT2D eigenvalue weighted by Crippen LogP contribution is -2.51. The second-order valence-corrected chi connectivity index (χ2v) is 8.72.